The van der Waals surface area contributed by atoms with E-state index in [0.29, 0.717) is 0 Å². The summed E-state index contributed by atoms with van der Waals surface area (Å²) in [5.41, 5.74) is 4.88. The van der Waals surface area contributed by atoms with Crippen molar-refractivity contribution in [2.45, 2.75) is 12.6 Å². The van der Waals surface area contributed by atoms with Gasteiger partial charge in [0.15, 0.2) is 0 Å². The highest BCUT2D eigenvalue weighted by Gasteiger charge is 2.32. The predicted octanol–water partition coefficient (Wildman–Crippen LogP) is 3.21. The highest BCUT2D eigenvalue weighted by Crippen LogP contribution is 2.33. The standard InChI is InChI=1S/C11H9F3N2/c12-11(13,14)10-5-4-9(16)7-8(10)3-1-2-6-15/h1,3-5,7H,2,16H2. The van der Waals surface area contributed by atoms with Gasteiger partial charge in [0.05, 0.1) is 18.1 Å². The number of halogens is 3. The van der Waals surface area contributed by atoms with Crippen molar-refractivity contribution in [1.82, 2.24) is 0 Å². The van der Waals surface area contributed by atoms with Gasteiger partial charge >= 0.3 is 6.18 Å². The van der Waals surface area contributed by atoms with Crippen LogP contribution in [0.2, 0.25) is 0 Å². The number of anilines is 1. The van der Waals surface area contributed by atoms with E-state index < -0.39 is 11.7 Å². The van der Waals surface area contributed by atoms with Gasteiger partial charge in [-0.25, -0.2) is 0 Å². The van der Waals surface area contributed by atoms with Crippen molar-refractivity contribution in [3.05, 3.63) is 35.4 Å². The number of nitriles is 1. The van der Waals surface area contributed by atoms with Crippen LogP contribution in [0.1, 0.15) is 17.5 Å². The quantitative estimate of drug-likeness (QED) is 0.787. The summed E-state index contributed by atoms with van der Waals surface area (Å²) in [6.45, 7) is 0. The molecule has 0 saturated heterocycles. The van der Waals surface area contributed by atoms with Crippen LogP contribution in [0, 0.1) is 11.3 Å². The van der Waals surface area contributed by atoms with Crippen LogP contribution in [0.25, 0.3) is 6.08 Å². The smallest absolute Gasteiger partial charge is 0.399 e. The molecular formula is C11H9F3N2. The normalized spacial score (nSPS) is 11.6. The molecule has 0 bridgehead atoms. The van der Waals surface area contributed by atoms with Crippen molar-refractivity contribution in [2.24, 2.45) is 0 Å². The Morgan fingerprint density at radius 1 is 1.38 bits per heavy atom. The molecule has 0 heterocycles. The van der Waals surface area contributed by atoms with Gasteiger partial charge in [-0.1, -0.05) is 12.2 Å². The van der Waals surface area contributed by atoms with Crippen LogP contribution in [-0.2, 0) is 6.18 Å². The molecule has 0 radical (unpaired) electrons. The summed E-state index contributed by atoms with van der Waals surface area (Å²) in [4.78, 5) is 0. The number of alkyl halides is 3. The van der Waals surface area contributed by atoms with Crippen LogP contribution in [0.5, 0.6) is 0 Å². The largest absolute Gasteiger partial charge is 0.416 e. The molecule has 0 spiro atoms. The first-order valence-corrected chi connectivity index (χ1v) is 4.45. The Labute approximate surface area is 90.8 Å². The number of hydrogen-bond acceptors (Lipinski definition) is 2. The van der Waals surface area contributed by atoms with E-state index in [2.05, 4.69) is 0 Å². The van der Waals surface area contributed by atoms with E-state index in [4.69, 9.17) is 11.0 Å². The Balaban J connectivity index is 3.15. The fourth-order valence-electron chi connectivity index (χ4n) is 1.22. The van der Waals surface area contributed by atoms with Crippen molar-refractivity contribution in [2.75, 3.05) is 5.73 Å². The van der Waals surface area contributed by atoms with Crippen molar-refractivity contribution in [3.8, 4) is 6.07 Å². The van der Waals surface area contributed by atoms with Crippen LogP contribution in [0.15, 0.2) is 24.3 Å². The lowest BCUT2D eigenvalue weighted by molar-refractivity contribution is -0.137. The van der Waals surface area contributed by atoms with Crippen molar-refractivity contribution in [1.29, 1.82) is 5.26 Å². The number of nitrogens with zero attached hydrogens (tertiary/aromatic N) is 1. The molecule has 0 saturated carbocycles. The number of nitrogen functional groups attached to an aromatic ring is 1. The molecule has 1 aromatic rings. The number of benzene rings is 1. The fraction of sp³-hybridized carbons (Fsp3) is 0.182. The second-order valence-corrected chi connectivity index (χ2v) is 3.11. The molecule has 1 rings (SSSR count). The molecule has 0 aliphatic carbocycles. The molecule has 0 unspecified atom stereocenters. The molecule has 0 fully saturated rings. The summed E-state index contributed by atoms with van der Waals surface area (Å²) < 4.78 is 37.6. The molecule has 0 amide bonds. The lowest BCUT2D eigenvalue weighted by atomic mass is 10.1. The van der Waals surface area contributed by atoms with Crippen LogP contribution >= 0.6 is 0 Å². The first kappa shape index (κ1) is 12.1. The Kier molecular flexibility index (Phi) is 3.56. The molecule has 0 atom stereocenters. The number of hydrogen-bond donors (Lipinski definition) is 1. The van der Waals surface area contributed by atoms with Crippen molar-refractivity contribution >= 4 is 11.8 Å². The summed E-state index contributed by atoms with van der Waals surface area (Å²) >= 11 is 0. The summed E-state index contributed by atoms with van der Waals surface area (Å²) in [6, 6.07) is 5.18. The maximum absolute atomic E-state index is 12.5. The zero-order chi connectivity index (χ0) is 12.2. The molecule has 0 aliphatic rings. The lowest BCUT2D eigenvalue weighted by Gasteiger charge is -2.10. The average molecular weight is 226 g/mol. The Hall–Kier alpha value is -1.96. The van der Waals surface area contributed by atoms with Crippen LogP contribution in [-0.4, -0.2) is 0 Å². The first-order valence-electron chi connectivity index (χ1n) is 4.45. The van der Waals surface area contributed by atoms with Gasteiger partial charge < -0.3 is 5.73 Å². The minimum Gasteiger partial charge on any atom is -0.399 e. The van der Waals surface area contributed by atoms with Gasteiger partial charge in [0.2, 0.25) is 0 Å². The number of allylic oxidation sites excluding steroid dienone is 1. The van der Waals surface area contributed by atoms with Gasteiger partial charge in [-0.05, 0) is 23.8 Å². The zero-order valence-electron chi connectivity index (χ0n) is 8.25. The zero-order valence-corrected chi connectivity index (χ0v) is 8.25. The topological polar surface area (TPSA) is 49.8 Å². The highest BCUT2D eigenvalue weighted by atomic mass is 19.4. The fourth-order valence-corrected chi connectivity index (χ4v) is 1.22. The Morgan fingerprint density at radius 2 is 2.06 bits per heavy atom. The van der Waals surface area contributed by atoms with Crippen LogP contribution in [0.3, 0.4) is 0 Å². The number of rotatable bonds is 2. The molecule has 5 heteroatoms. The number of nitrogens with two attached hydrogens (primary N) is 1. The molecule has 0 aliphatic heterocycles. The summed E-state index contributed by atoms with van der Waals surface area (Å²) in [5.74, 6) is 0. The Bertz CT molecular complexity index is 442. The minimum atomic E-state index is -4.42. The summed E-state index contributed by atoms with van der Waals surface area (Å²) in [7, 11) is 0. The van der Waals surface area contributed by atoms with E-state index in [9.17, 15) is 13.2 Å². The minimum absolute atomic E-state index is 0.0252. The SMILES string of the molecule is N#CCC=Cc1cc(N)ccc1C(F)(F)F. The average Bonchev–Trinajstić information content (AvgIpc) is 2.16. The molecule has 2 N–H and O–H groups in total. The molecular weight excluding hydrogens is 217 g/mol. The molecule has 2 nitrogen and oxygen atoms in total. The van der Waals surface area contributed by atoms with Gasteiger partial charge in [0.25, 0.3) is 0 Å². The van der Waals surface area contributed by atoms with E-state index in [1.54, 1.807) is 0 Å². The monoisotopic (exact) mass is 226 g/mol. The third-order valence-electron chi connectivity index (χ3n) is 1.89. The van der Waals surface area contributed by atoms with Gasteiger partial charge in [0.1, 0.15) is 0 Å². The predicted molar refractivity (Wildman–Crippen MR) is 55.1 cm³/mol. The molecule has 1 aromatic carbocycles. The van der Waals surface area contributed by atoms with E-state index in [0.717, 1.165) is 6.07 Å². The van der Waals surface area contributed by atoms with E-state index >= 15 is 0 Å². The van der Waals surface area contributed by atoms with Crippen molar-refractivity contribution in [3.63, 3.8) is 0 Å². The first-order chi connectivity index (χ1) is 7.45. The van der Waals surface area contributed by atoms with Gasteiger partial charge in [-0.3, -0.25) is 0 Å². The second-order valence-electron chi connectivity index (χ2n) is 3.11. The third-order valence-corrected chi connectivity index (χ3v) is 1.89. The van der Waals surface area contributed by atoms with E-state index in [1.165, 1.54) is 24.3 Å². The summed E-state index contributed by atoms with van der Waals surface area (Å²) in [6.07, 6.45) is -1.74. The van der Waals surface area contributed by atoms with Crippen LogP contribution < -0.4 is 5.73 Å². The van der Waals surface area contributed by atoms with E-state index in [-0.39, 0.29) is 17.7 Å². The molecule has 84 valence electrons. The van der Waals surface area contributed by atoms with E-state index in [1.807, 2.05) is 6.07 Å². The van der Waals surface area contributed by atoms with Gasteiger partial charge in [-0.15, -0.1) is 0 Å². The third kappa shape index (κ3) is 3.02. The maximum atomic E-state index is 12.5. The Morgan fingerprint density at radius 3 is 2.62 bits per heavy atom. The summed E-state index contributed by atoms with van der Waals surface area (Å²) in [5, 5.41) is 8.28. The van der Waals surface area contributed by atoms with Gasteiger partial charge in [0, 0.05) is 5.69 Å². The van der Waals surface area contributed by atoms with Gasteiger partial charge in [-0.2, -0.15) is 18.4 Å². The van der Waals surface area contributed by atoms with Crippen LogP contribution in [0.4, 0.5) is 18.9 Å². The molecule has 0 aromatic heterocycles. The second kappa shape index (κ2) is 4.71. The van der Waals surface area contributed by atoms with Crippen molar-refractivity contribution < 1.29 is 13.2 Å². The molecule has 16 heavy (non-hydrogen) atoms. The lowest BCUT2D eigenvalue weighted by Crippen LogP contribution is -2.07. The maximum Gasteiger partial charge on any atom is 0.416 e. The highest BCUT2D eigenvalue weighted by molar-refractivity contribution is 5.60.